The molecule has 10 nitrogen and oxygen atoms in total. The molecule has 3 rings (SSSR count). The highest BCUT2D eigenvalue weighted by Crippen LogP contribution is 2.33. The number of aromatic nitrogens is 1. The third-order valence-electron chi connectivity index (χ3n) is 8.78. The van der Waals surface area contributed by atoms with Crippen molar-refractivity contribution in [2.24, 2.45) is 17.8 Å². The molecule has 0 saturated heterocycles. The summed E-state index contributed by atoms with van der Waals surface area (Å²) in [5, 5.41) is 3.65. The fourth-order valence-corrected chi connectivity index (χ4v) is 7.20. The van der Waals surface area contributed by atoms with Crippen molar-refractivity contribution in [3.05, 3.63) is 87.4 Å². The van der Waals surface area contributed by atoms with E-state index in [1.54, 1.807) is 25.8 Å². The molecular formula is C41H57N3O7S. The first kappa shape index (κ1) is 42.3. The number of ether oxygens (including phenoxy) is 3. The van der Waals surface area contributed by atoms with Crippen LogP contribution in [-0.2, 0) is 48.0 Å². The van der Waals surface area contributed by atoms with Gasteiger partial charge in [-0.25, -0.2) is 4.98 Å². The van der Waals surface area contributed by atoms with Crippen LogP contribution in [0.5, 0.6) is 0 Å². The number of nitrogens with one attached hydrogen (secondary N) is 1. The van der Waals surface area contributed by atoms with Crippen LogP contribution in [0.15, 0.2) is 60.7 Å². The largest absolute Gasteiger partial charge is 0.466 e. The van der Waals surface area contributed by atoms with Crippen molar-refractivity contribution < 1.29 is 33.4 Å². The van der Waals surface area contributed by atoms with Crippen molar-refractivity contribution in [2.75, 3.05) is 20.3 Å². The summed E-state index contributed by atoms with van der Waals surface area (Å²) in [5.74, 6) is -1.34. The summed E-state index contributed by atoms with van der Waals surface area (Å²) in [6.45, 7) is 14.0. The number of amides is 2. The van der Waals surface area contributed by atoms with E-state index in [-0.39, 0.29) is 48.0 Å². The minimum atomic E-state index is -0.779. The Bertz CT molecular complexity index is 1560. The summed E-state index contributed by atoms with van der Waals surface area (Å²) in [6, 6.07) is 19.0. The summed E-state index contributed by atoms with van der Waals surface area (Å²) in [7, 11) is 1.79. The summed E-state index contributed by atoms with van der Waals surface area (Å²) >= 11 is 1.32. The van der Waals surface area contributed by atoms with Gasteiger partial charge in [0.1, 0.15) is 10.7 Å². The molecule has 1 heterocycles. The maximum Gasteiger partial charge on any atom is 0.308 e. The van der Waals surface area contributed by atoms with Crippen LogP contribution in [-0.4, -0.2) is 66.0 Å². The van der Waals surface area contributed by atoms with Crippen molar-refractivity contribution in [1.82, 2.24) is 15.2 Å². The van der Waals surface area contributed by atoms with Crippen molar-refractivity contribution in [3.8, 4) is 0 Å². The monoisotopic (exact) mass is 735 g/mol. The number of nitrogens with zero attached hydrogens (tertiary/aromatic N) is 2. The molecule has 284 valence electrons. The minimum Gasteiger partial charge on any atom is -0.466 e. The number of carbonyl (C=O) groups is 4. The molecule has 0 aliphatic heterocycles. The maximum absolute atomic E-state index is 14.2. The highest BCUT2D eigenvalue weighted by atomic mass is 32.1. The van der Waals surface area contributed by atoms with Gasteiger partial charge in [-0.05, 0) is 42.7 Å². The quantitative estimate of drug-likeness (QED) is 0.0890. The van der Waals surface area contributed by atoms with Gasteiger partial charge in [0.25, 0.3) is 5.91 Å². The van der Waals surface area contributed by atoms with Crippen LogP contribution in [0.4, 0.5) is 0 Å². The Morgan fingerprint density at radius 1 is 0.904 bits per heavy atom. The van der Waals surface area contributed by atoms with E-state index in [1.165, 1.54) is 18.3 Å². The van der Waals surface area contributed by atoms with E-state index in [1.807, 2.05) is 88.4 Å². The van der Waals surface area contributed by atoms with Crippen LogP contribution < -0.4 is 5.32 Å². The first-order chi connectivity index (χ1) is 24.8. The Hall–Kier alpha value is -4.09. The smallest absolute Gasteiger partial charge is 0.308 e. The van der Waals surface area contributed by atoms with E-state index in [2.05, 4.69) is 5.32 Å². The topological polar surface area (TPSA) is 124 Å². The van der Waals surface area contributed by atoms with Gasteiger partial charge < -0.3 is 24.4 Å². The zero-order chi connectivity index (χ0) is 38.2. The standard InChI is InChI=1S/C41H57N3O7S/c1-9-50-41(48)29(6)23-33(24-31-16-12-10-13-17-31)42-39(47)38-36(20-21-49-26-32-18-14-11-15-19-32)52-40(43-38)35(51-30(7)45)25-34(28(4)5)44(8)37(46)22-27(2)3/h10-19,27-29,33-35H,9,20-26H2,1-8H3,(H,42,47)/t29-,33+,34?,35+/m0/s1. The molecule has 0 aliphatic carbocycles. The maximum atomic E-state index is 14.2. The number of esters is 2. The Morgan fingerprint density at radius 2 is 1.54 bits per heavy atom. The Labute approximate surface area is 313 Å². The summed E-state index contributed by atoms with van der Waals surface area (Å²) < 4.78 is 17.2. The lowest BCUT2D eigenvalue weighted by molar-refractivity contribution is -0.149. The lowest BCUT2D eigenvalue weighted by atomic mass is 9.95. The number of carbonyl (C=O) groups excluding carboxylic acids is 4. The lowest BCUT2D eigenvalue weighted by Gasteiger charge is -2.34. The molecule has 2 aromatic carbocycles. The van der Waals surface area contributed by atoms with E-state index in [0.29, 0.717) is 55.2 Å². The number of thiazole rings is 1. The van der Waals surface area contributed by atoms with Crippen LogP contribution in [0.2, 0.25) is 0 Å². The van der Waals surface area contributed by atoms with Gasteiger partial charge in [0, 0.05) is 50.2 Å². The van der Waals surface area contributed by atoms with Crippen molar-refractivity contribution in [1.29, 1.82) is 0 Å². The highest BCUT2D eigenvalue weighted by Gasteiger charge is 2.33. The van der Waals surface area contributed by atoms with Crippen molar-refractivity contribution in [3.63, 3.8) is 0 Å². The van der Waals surface area contributed by atoms with Gasteiger partial charge in [-0.1, -0.05) is 95.3 Å². The molecule has 3 aromatic rings. The summed E-state index contributed by atoms with van der Waals surface area (Å²) in [6.07, 6.45) is 1.23. The van der Waals surface area contributed by atoms with E-state index in [9.17, 15) is 19.2 Å². The Kier molecular flexibility index (Phi) is 17.4. The zero-order valence-corrected chi connectivity index (χ0v) is 32.9. The molecule has 1 aromatic heterocycles. The molecule has 0 radical (unpaired) electrons. The van der Waals surface area contributed by atoms with Gasteiger partial charge in [0.15, 0.2) is 6.10 Å². The van der Waals surface area contributed by atoms with E-state index < -0.39 is 24.0 Å². The molecule has 0 spiro atoms. The van der Waals surface area contributed by atoms with E-state index >= 15 is 0 Å². The SMILES string of the molecule is CCOC(=O)[C@@H](C)C[C@H](Cc1ccccc1)NC(=O)c1nc([C@@H](CC(C(C)C)N(C)C(=O)CC(C)C)OC(C)=O)sc1CCOCc1ccccc1. The second-order valence-electron chi connectivity index (χ2n) is 14.1. The molecule has 0 saturated carbocycles. The van der Waals surface area contributed by atoms with Crippen LogP contribution in [0.1, 0.15) is 105 Å². The molecule has 2 amide bonds. The Morgan fingerprint density at radius 3 is 2.12 bits per heavy atom. The summed E-state index contributed by atoms with van der Waals surface area (Å²) in [4.78, 5) is 59.7. The third-order valence-corrected chi connectivity index (χ3v) is 9.99. The second-order valence-corrected chi connectivity index (χ2v) is 15.2. The normalized spacial score (nSPS) is 13.7. The first-order valence-corrected chi connectivity index (χ1v) is 19.2. The Balaban J connectivity index is 1.96. The molecule has 0 fully saturated rings. The average Bonchev–Trinajstić information content (AvgIpc) is 3.53. The predicted molar refractivity (Wildman–Crippen MR) is 204 cm³/mol. The van der Waals surface area contributed by atoms with Gasteiger partial charge >= 0.3 is 11.9 Å². The third kappa shape index (κ3) is 13.8. The minimum absolute atomic E-state index is 0.0206. The van der Waals surface area contributed by atoms with Gasteiger partial charge in [0.2, 0.25) is 5.91 Å². The number of hydrogen-bond donors (Lipinski definition) is 1. The summed E-state index contributed by atoms with van der Waals surface area (Å²) in [5.41, 5.74) is 2.28. The molecule has 0 bridgehead atoms. The molecule has 1 unspecified atom stereocenters. The van der Waals surface area contributed by atoms with Gasteiger partial charge in [-0.3, -0.25) is 19.2 Å². The molecule has 52 heavy (non-hydrogen) atoms. The molecule has 0 aliphatic rings. The fourth-order valence-electron chi connectivity index (χ4n) is 6.11. The van der Waals surface area contributed by atoms with Crippen molar-refractivity contribution in [2.45, 2.75) is 105 Å². The van der Waals surface area contributed by atoms with Crippen LogP contribution >= 0.6 is 11.3 Å². The van der Waals surface area contributed by atoms with Crippen molar-refractivity contribution >= 4 is 35.1 Å². The second kappa shape index (κ2) is 21.4. The zero-order valence-electron chi connectivity index (χ0n) is 32.1. The highest BCUT2D eigenvalue weighted by molar-refractivity contribution is 7.12. The van der Waals surface area contributed by atoms with Gasteiger partial charge in [0.05, 0.1) is 25.7 Å². The van der Waals surface area contributed by atoms with Gasteiger partial charge in [-0.15, -0.1) is 11.3 Å². The number of hydrogen-bond acceptors (Lipinski definition) is 9. The van der Waals surface area contributed by atoms with Crippen LogP contribution in [0.3, 0.4) is 0 Å². The fraction of sp³-hybridized carbons (Fsp3) is 0.537. The average molecular weight is 736 g/mol. The molecule has 1 N–H and O–H groups in total. The molecular weight excluding hydrogens is 679 g/mol. The van der Waals surface area contributed by atoms with Gasteiger partial charge in [-0.2, -0.15) is 0 Å². The predicted octanol–water partition coefficient (Wildman–Crippen LogP) is 7.36. The number of benzene rings is 2. The molecule has 4 atom stereocenters. The van der Waals surface area contributed by atoms with E-state index in [0.717, 1.165) is 11.1 Å². The number of rotatable bonds is 21. The van der Waals surface area contributed by atoms with Crippen LogP contribution in [0.25, 0.3) is 0 Å². The van der Waals surface area contributed by atoms with Crippen LogP contribution in [0, 0.1) is 17.8 Å². The first-order valence-electron chi connectivity index (χ1n) is 18.3. The molecule has 11 heteroatoms. The van der Waals surface area contributed by atoms with E-state index in [4.69, 9.17) is 19.2 Å². The lowest BCUT2D eigenvalue weighted by Crippen LogP contribution is -2.42.